The fraction of sp³-hybridized carbons (Fsp3) is 0.455. The molecule has 0 atom stereocenters. The molecule has 0 bridgehead atoms. The molecule has 88 valence electrons. The van der Waals surface area contributed by atoms with Gasteiger partial charge in [-0.25, -0.2) is 14.3 Å². The van der Waals surface area contributed by atoms with Crippen molar-refractivity contribution in [2.24, 2.45) is 11.8 Å². The zero-order valence-corrected chi connectivity index (χ0v) is 10.1. The van der Waals surface area contributed by atoms with E-state index in [0.717, 1.165) is 12.2 Å². The average Bonchev–Trinajstić information content (AvgIpc) is 3.00. The van der Waals surface area contributed by atoms with Crippen molar-refractivity contribution < 1.29 is 8.42 Å². The van der Waals surface area contributed by atoms with Gasteiger partial charge < -0.3 is 5.01 Å². The van der Waals surface area contributed by atoms with Gasteiger partial charge >= 0.3 is 0 Å². The largest absolute Gasteiger partial charge is 0.311 e. The summed E-state index contributed by atoms with van der Waals surface area (Å²) in [4.78, 5) is 0.316. The van der Waals surface area contributed by atoms with Crippen molar-refractivity contribution in [3.63, 3.8) is 0 Å². The molecule has 2 rings (SSSR count). The van der Waals surface area contributed by atoms with Crippen molar-refractivity contribution in [2.45, 2.75) is 17.7 Å². The van der Waals surface area contributed by atoms with Crippen LogP contribution < -0.4 is 10.9 Å². The summed E-state index contributed by atoms with van der Waals surface area (Å²) in [5.74, 6) is 6.56. The maximum absolute atomic E-state index is 11.4. The quantitative estimate of drug-likeness (QED) is 0.634. The first-order chi connectivity index (χ1) is 7.47. The molecule has 0 aliphatic heterocycles. The first-order valence-electron chi connectivity index (χ1n) is 5.29. The Morgan fingerprint density at radius 2 is 2.12 bits per heavy atom. The number of nitrogens with two attached hydrogens (primary N) is 1. The lowest BCUT2D eigenvalue weighted by atomic mass is 10.3. The molecule has 1 saturated carbocycles. The molecule has 16 heavy (non-hydrogen) atoms. The van der Waals surface area contributed by atoms with Crippen molar-refractivity contribution in [2.75, 3.05) is 17.8 Å². The summed E-state index contributed by atoms with van der Waals surface area (Å²) in [5, 5.41) is 1.63. The van der Waals surface area contributed by atoms with E-state index in [1.54, 1.807) is 23.2 Å². The van der Waals surface area contributed by atoms with Crippen LogP contribution in [0.1, 0.15) is 12.8 Å². The van der Waals surface area contributed by atoms with Gasteiger partial charge in [-0.05, 0) is 37.0 Å². The fourth-order valence-corrected chi connectivity index (χ4v) is 2.24. The summed E-state index contributed by atoms with van der Waals surface area (Å²) in [6, 6.07) is 6.76. The lowest BCUT2D eigenvalue weighted by molar-refractivity contribution is 0.602. The van der Waals surface area contributed by atoms with Gasteiger partial charge in [0.1, 0.15) is 0 Å². The molecule has 0 unspecified atom stereocenters. The van der Waals surface area contributed by atoms with Crippen LogP contribution in [0.15, 0.2) is 29.2 Å². The second kappa shape index (κ2) is 4.07. The Bertz CT molecular complexity index is 481. The number of nitrogens with zero attached hydrogens (tertiary/aromatic N) is 1. The Kier molecular flexibility index (Phi) is 2.90. The molecule has 0 saturated heterocycles. The molecule has 5 heteroatoms. The summed E-state index contributed by atoms with van der Waals surface area (Å²) in [6.45, 7) is 0.799. The summed E-state index contributed by atoms with van der Waals surface area (Å²) in [7, 11) is -3.15. The van der Waals surface area contributed by atoms with Crippen molar-refractivity contribution in [3.05, 3.63) is 24.3 Å². The second-order valence-electron chi connectivity index (χ2n) is 4.37. The van der Waals surface area contributed by atoms with E-state index >= 15 is 0 Å². The van der Waals surface area contributed by atoms with Crippen LogP contribution in [0.3, 0.4) is 0 Å². The Morgan fingerprint density at radius 1 is 1.44 bits per heavy atom. The molecule has 0 amide bonds. The molecule has 0 heterocycles. The number of hydrogen-bond acceptors (Lipinski definition) is 4. The van der Waals surface area contributed by atoms with Crippen molar-refractivity contribution in [1.82, 2.24) is 0 Å². The number of benzene rings is 1. The van der Waals surface area contributed by atoms with Crippen molar-refractivity contribution >= 4 is 15.5 Å². The Hall–Kier alpha value is -1.07. The number of rotatable bonds is 4. The highest BCUT2D eigenvalue weighted by molar-refractivity contribution is 7.90. The highest BCUT2D eigenvalue weighted by Gasteiger charge is 2.23. The van der Waals surface area contributed by atoms with Gasteiger partial charge in [0.05, 0.1) is 10.6 Å². The minimum absolute atomic E-state index is 0.316. The van der Waals surface area contributed by atoms with E-state index in [-0.39, 0.29) is 0 Å². The number of hydrogen-bond donors (Lipinski definition) is 1. The van der Waals surface area contributed by atoms with Gasteiger partial charge in [-0.2, -0.15) is 0 Å². The highest BCUT2D eigenvalue weighted by atomic mass is 32.2. The molecule has 1 aliphatic rings. The molecule has 1 aromatic rings. The van der Waals surface area contributed by atoms with Crippen LogP contribution in [0.25, 0.3) is 0 Å². The zero-order chi connectivity index (χ0) is 11.8. The minimum atomic E-state index is -3.15. The molecule has 1 aliphatic carbocycles. The molecule has 2 N–H and O–H groups in total. The predicted octanol–water partition coefficient (Wildman–Crippen LogP) is 1.18. The van der Waals surface area contributed by atoms with Crippen LogP contribution in [-0.2, 0) is 9.84 Å². The normalized spacial score (nSPS) is 16.1. The number of anilines is 1. The van der Waals surface area contributed by atoms with Gasteiger partial charge in [0, 0.05) is 12.8 Å². The Labute approximate surface area is 95.9 Å². The number of sulfone groups is 1. The number of hydrazine groups is 1. The molecule has 1 fully saturated rings. The predicted molar refractivity (Wildman–Crippen MR) is 63.8 cm³/mol. The van der Waals surface area contributed by atoms with Crippen LogP contribution in [0.2, 0.25) is 0 Å². The molecular formula is C11H16N2O2S. The molecule has 0 spiro atoms. The highest BCUT2D eigenvalue weighted by Crippen LogP contribution is 2.30. The Balaban J connectivity index is 2.20. The molecular weight excluding hydrogens is 224 g/mol. The maximum atomic E-state index is 11.4. The van der Waals surface area contributed by atoms with Crippen molar-refractivity contribution in [1.29, 1.82) is 0 Å². The van der Waals surface area contributed by atoms with E-state index in [4.69, 9.17) is 5.84 Å². The maximum Gasteiger partial charge on any atom is 0.175 e. The zero-order valence-electron chi connectivity index (χ0n) is 9.26. The monoisotopic (exact) mass is 240 g/mol. The van der Waals surface area contributed by atoms with E-state index in [9.17, 15) is 8.42 Å². The van der Waals surface area contributed by atoms with E-state index < -0.39 is 9.84 Å². The Morgan fingerprint density at radius 3 is 2.69 bits per heavy atom. The van der Waals surface area contributed by atoms with Gasteiger partial charge in [-0.15, -0.1) is 0 Å². The lowest BCUT2D eigenvalue weighted by Gasteiger charge is -2.18. The van der Waals surface area contributed by atoms with Gasteiger partial charge in [-0.1, -0.05) is 6.07 Å². The fourth-order valence-electron chi connectivity index (χ4n) is 1.58. The average molecular weight is 240 g/mol. The first-order valence-corrected chi connectivity index (χ1v) is 7.18. The molecule has 1 aromatic carbocycles. The van der Waals surface area contributed by atoms with Crippen LogP contribution in [-0.4, -0.2) is 21.2 Å². The summed E-state index contributed by atoms with van der Waals surface area (Å²) in [6.07, 6.45) is 3.65. The van der Waals surface area contributed by atoms with Gasteiger partial charge in [0.25, 0.3) is 0 Å². The van der Waals surface area contributed by atoms with Gasteiger partial charge in [0.15, 0.2) is 9.84 Å². The minimum Gasteiger partial charge on any atom is -0.311 e. The standard InChI is InChI=1S/C11H16N2O2S/c1-16(14,15)11-4-2-3-10(7-11)13(12)8-9-5-6-9/h2-4,7,9H,5-6,8,12H2,1H3. The van der Waals surface area contributed by atoms with E-state index in [2.05, 4.69) is 0 Å². The molecule has 4 nitrogen and oxygen atoms in total. The summed E-state index contributed by atoms with van der Waals surface area (Å²) in [5.41, 5.74) is 0.759. The van der Waals surface area contributed by atoms with Crippen LogP contribution in [0.5, 0.6) is 0 Å². The SMILES string of the molecule is CS(=O)(=O)c1cccc(N(N)CC2CC2)c1. The molecule has 0 radical (unpaired) electrons. The van der Waals surface area contributed by atoms with E-state index in [1.807, 2.05) is 6.07 Å². The van der Waals surface area contributed by atoms with Crippen LogP contribution in [0, 0.1) is 5.92 Å². The van der Waals surface area contributed by atoms with Gasteiger partial charge in [0.2, 0.25) is 0 Å². The van der Waals surface area contributed by atoms with Crippen LogP contribution >= 0.6 is 0 Å². The first kappa shape index (κ1) is 11.4. The van der Waals surface area contributed by atoms with Crippen molar-refractivity contribution in [3.8, 4) is 0 Å². The topological polar surface area (TPSA) is 63.4 Å². The summed E-state index contributed by atoms with van der Waals surface area (Å²) >= 11 is 0. The lowest BCUT2D eigenvalue weighted by Crippen LogP contribution is -2.32. The van der Waals surface area contributed by atoms with Crippen LogP contribution in [0.4, 0.5) is 5.69 Å². The molecule has 0 aromatic heterocycles. The third-order valence-electron chi connectivity index (χ3n) is 2.73. The third-order valence-corrected chi connectivity index (χ3v) is 3.84. The summed E-state index contributed by atoms with van der Waals surface area (Å²) < 4.78 is 22.8. The second-order valence-corrected chi connectivity index (χ2v) is 6.38. The van der Waals surface area contributed by atoms with E-state index in [1.165, 1.54) is 19.1 Å². The third kappa shape index (κ3) is 2.74. The smallest absolute Gasteiger partial charge is 0.175 e. The van der Waals surface area contributed by atoms with E-state index in [0.29, 0.717) is 10.8 Å². The van der Waals surface area contributed by atoms with Gasteiger partial charge in [-0.3, -0.25) is 0 Å².